The first-order chi connectivity index (χ1) is 7.67. The summed E-state index contributed by atoms with van der Waals surface area (Å²) in [5, 5.41) is 0. The van der Waals surface area contributed by atoms with E-state index in [1.54, 1.807) is 10.8 Å². The third-order valence-corrected chi connectivity index (χ3v) is 3.26. The maximum absolute atomic E-state index is 11.9. The molecule has 0 fully saturated rings. The number of rotatable bonds is 3. The molecule has 0 bridgehead atoms. The van der Waals surface area contributed by atoms with Gasteiger partial charge in [-0.1, -0.05) is 13.8 Å². The standard InChI is InChI=1S/C11H14BrN3O/c1-3-8(4-2)15-10-9(14-11(15)16)5-7(12)6-13-10/h5-6,8H,3-4H2,1-2H3,(H,14,16). The number of hydrogen-bond donors (Lipinski definition) is 1. The lowest BCUT2D eigenvalue weighted by Crippen LogP contribution is -2.21. The van der Waals surface area contributed by atoms with Crippen molar-refractivity contribution in [3.8, 4) is 0 Å². The molecule has 4 nitrogen and oxygen atoms in total. The minimum absolute atomic E-state index is 0.0747. The van der Waals surface area contributed by atoms with E-state index in [9.17, 15) is 4.79 Å². The van der Waals surface area contributed by atoms with Gasteiger partial charge in [0.15, 0.2) is 5.65 Å². The molecule has 0 saturated heterocycles. The Morgan fingerprint density at radius 3 is 2.81 bits per heavy atom. The first kappa shape index (κ1) is 11.4. The third kappa shape index (κ3) is 1.80. The second kappa shape index (κ2) is 4.41. The molecule has 0 aliphatic carbocycles. The van der Waals surface area contributed by atoms with E-state index >= 15 is 0 Å². The van der Waals surface area contributed by atoms with Gasteiger partial charge in [-0.15, -0.1) is 0 Å². The van der Waals surface area contributed by atoms with Gasteiger partial charge in [0.2, 0.25) is 0 Å². The molecule has 0 amide bonds. The number of pyridine rings is 1. The first-order valence-electron chi connectivity index (χ1n) is 5.43. The number of H-pyrrole nitrogens is 1. The number of halogens is 1. The van der Waals surface area contributed by atoms with E-state index in [-0.39, 0.29) is 11.7 Å². The van der Waals surface area contributed by atoms with Crippen LogP contribution in [-0.4, -0.2) is 14.5 Å². The van der Waals surface area contributed by atoms with E-state index in [1.165, 1.54) is 0 Å². The van der Waals surface area contributed by atoms with Crippen LogP contribution in [-0.2, 0) is 0 Å². The van der Waals surface area contributed by atoms with E-state index < -0.39 is 0 Å². The monoisotopic (exact) mass is 283 g/mol. The van der Waals surface area contributed by atoms with Crippen molar-refractivity contribution in [2.75, 3.05) is 0 Å². The summed E-state index contributed by atoms with van der Waals surface area (Å²) in [6.07, 6.45) is 3.58. The van der Waals surface area contributed by atoms with Crippen molar-refractivity contribution in [2.45, 2.75) is 32.7 Å². The van der Waals surface area contributed by atoms with Gasteiger partial charge in [-0.25, -0.2) is 9.78 Å². The van der Waals surface area contributed by atoms with Crippen LogP contribution in [0.5, 0.6) is 0 Å². The van der Waals surface area contributed by atoms with Crippen LogP contribution in [0.4, 0.5) is 0 Å². The van der Waals surface area contributed by atoms with Crippen molar-refractivity contribution in [3.05, 3.63) is 27.2 Å². The molecule has 2 aromatic rings. The zero-order valence-electron chi connectivity index (χ0n) is 9.33. The SMILES string of the molecule is CCC(CC)n1c(=O)[nH]c2cc(Br)cnc21. The highest BCUT2D eigenvalue weighted by Gasteiger charge is 2.14. The molecule has 1 N–H and O–H groups in total. The first-order valence-corrected chi connectivity index (χ1v) is 6.22. The average Bonchev–Trinajstić information content (AvgIpc) is 2.57. The predicted octanol–water partition coefficient (Wildman–Crippen LogP) is 2.85. The molecule has 0 aromatic carbocycles. The minimum atomic E-state index is -0.0747. The Hall–Kier alpha value is -1.10. The van der Waals surface area contributed by atoms with Gasteiger partial charge >= 0.3 is 5.69 Å². The van der Waals surface area contributed by atoms with Crippen LogP contribution in [0.25, 0.3) is 11.2 Å². The number of hydrogen-bond acceptors (Lipinski definition) is 2. The van der Waals surface area contributed by atoms with Gasteiger partial charge in [0.25, 0.3) is 0 Å². The predicted molar refractivity (Wildman–Crippen MR) is 67.7 cm³/mol. The van der Waals surface area contributed by atoms with Gasteiger partial charge in [-0.2, -0.15) is 0 Å². The molecule has 0 radical (unpaired) electrons. The summed E-state index contributed by atoms with van der Waals surface area (Å²) in [4.78, 5) is 19.0. The zero-order valence-corrected chi connectivity index (χ0v) is 10.9. The molecular weight excluding hydrogens is 270 g/mol. The van der Waals surface area contributed by atoms with Gasteiger partial charge in [0.1, 0.15) is 0 Å². The Bertz CT molecular complexity index is 554. The average molecular weight is 284 g/mol. The number of aromatic amines is 1. The lowest BCUT2D eigenvalue weighted by Gasteiger charge is -2.13. The van der Waals surface area contributed by atoms with Crippen molar-refractivity contribution in [1.29, 1.82) is 0 Å². The number of aromatic nitrogens is 3. The fourth-order valence-electron chi connectivity index (χ4n) is 1.98. The van der Waals surface area contributed by atoms with E-state index in [2.05, 4.69) is 39.7 Å². The van der Waals surface area contributed by atoms with Crippen LogP contribution in [0.3, 0.4) is 0 Å². The molecule has 0 aliphatic rings. The molecule has 0 saturated carbocycles. The van der Waals surface area contributed by atoms with Crippen molar-refractivity contribution in [1.82, 2.24) is 14.5 Å². The Morgan fingerprint density at radius 2 is 2.19 bits per heavy atom. The lowest BCUT2D eigenvalue weighted by atomic mass is 10.2. The summed E-state index contributed by atoms with van der Waals surface area (Å²) < 4.78 is 2.62. The fourth-order valence-corrected chi connectivity index (χ4v) is 2.31. The number of nitrogens with one attached hydrogen (secondary N) is 1. The van der Waals surface area contributed by atoms with Gasteiger partial charge in [0.05, 0.1) is 5.52 Å². The largest absolute Gasteiger partial charge is 0.327 e. The Morgan fingerprint density at radius 1 is 1.50 bits per heavy atom. The molecule has 2 aromatic heterocycles. The highest BCUT2D eigenvalue weighted by molar-refractivity contribution is 9.10. The summed E-state index contributed by atoms with van der Waals surface area (Å²) in [7, 11) is 0. The summed E-state index contributed by atoms with van der Waals surface area (Å²) >= 11 is 3.34. The number of fused-ring (bicyclic) bond motifs is 1. The summed E-state index contributed by atoms with van der Waals surface area (Å²) in [5.74, 6) is 0. The van der Waals surface area contributed by atoms with Crippen molar-refractivity contribution in [2.24, 2.45) is 0 Å². The van der Waals surface area contributed by atoms with Crippen LogP contribution in [0.15, 0.2) is 21.5 Å². The second-order valence-corrected chi connectivity index (χ2v) is 4.71. The van der Waals surface area contributed by atoms with E-state index in [0.717, 1.165) is 28.5 Å². The molecular formula is C11H14BrN3O. The smallest absolute Gasteiger partial charge is 0.304 e. The Labute approximate surface area is 102 Å². The van der Waals surface area contributed by atoms with Gasteiger partial charge in [-0.05, 0) is 34.8 Å². The molecule has 0 spiro atoms. The molecule has 0 unspecified atom stereocenters. The quantitative estimate of drug-likeness (QED) is 0.942. The summed E-state index contributed by atoms with van der Waals surface area (Å²) in [5.41, 5.74) is 1.45. The van der Waals surface area contributed by atoms with Crippen LogP contribution in [0, 0.1) is 0 Å². The Balaban J connectivity index is 2.69. The number of nitrogens with zero attached hydrogens (tertiary/aromatic N) is 2. The highest BCUT2D eigenvalue weighted by atomic mass is 79.9. The minimum Gasteiger partial charge on any atom is -0.304 e. The summed E-state index contributed by atoms with van der Waals surface area (Å²) in [6.45, 7) is 4.16. The zero-order chi connectivity index (χ0) is 11.7. The molecule has 0 aliphatic heterocycles. The van der Waals surface area contributed by atoms with Crippen LogP contribution in [0.2, 0.25) is 0 Å². The highest BCUT2D eigenvalue weighted by Crippen LogP contribution is 2.20. The fraction of sp³-hybridized carbons (Fsp3) is 0.455. The summed E-state index contributed by atoms with van der Waals surface area (Å²) in [6, 6.07) is 2.10. The molecule has 86 valence electrons. The van der Waals surface area contributed by atoms with E-state index in [1.807, 2.05) is 6.07 Å². The molecule has 5 heteroatoms. The molecule has 2 rings (SSSR count). The lowest BCUT2D eigenvalue weighted by molar-refractivity contribution is 0.469. The number of imidazole rings is 1. The van der Waals surface area contributed by atoms with Crippen molar-refractivity contribution >= 4 is 27.1 Å². The van der Waals surface area contributed by atoms with E-state index in [0.29, 0.717) is 0 Å². The second-order valence-electron chi connectivity index (χ2n) is 3.80. The van der Waals surface area contributed by atoms with Gasteiger partial charge < -0.3 is 4.98 Å². The van der Waals surface area contributed by atoms with Crippen LogP contribution < -0.4 is 5.69 Å². The van der Waals surface area contributed by atoms with E-state index in [4.69, 9.17) is 0 Å². The van der Waals surface area contributed by atoms with Crippen molar-refractivity contribution in [3.63, 3.8) is 0 Å². The van der Waals surface area contributed by atoms with Crippen molar-refractivity contribution < 1.29 is 0 Å². The Kier molecular flexibility index (Phi) is 3.14. The molecule has 2 heterocycles. The van der Waals surface area contributed by atoms with Crippen LogP contribution in [0.1, 0.15) is 32.7 Å². The maximum atomic E-state index is 11.9. The van der Waals surface area contributed by atoms with Crippen LogP contribution >= 0.6 is 15.9 Å². The maximum Gasteiger partial charge on any atom is 0.327 e. The van der Waals surface area contributed by atoms with Gasteiger partial charge in [0, 0.05) is 16.7 Å². The topological polar surface area (TPSA) is 50.7 Å². The molecule has 16 heavy (non-hydrogen) atoms. The normalized spacial score (nSPS) is 11.5. The van der Waals surface area contributed by atoms with Gasteiger partial charge in [-0.3, -0.25) is 4.57 Å². The third-order valence-electron chi connectivity index (χ3n) is 2.83. The molecule has 0 atom stereocenters.